The lowest BCUT2D eigenvalue weighted by molar-refractivity contribution is -0.146. The number of unbranched alkanes of at least 4 members (excludes halogenated alkanes) is 7. The molecule has 0 saturated carbocycles. The van der Waals surface area contributed by atoms with Gasteiger partial charge in [0, 0.05) is 13.3 Å². The zero-order valence-corrected chi connectivity index (χ0v) is 13.8. The van der Waals surface area contributed by atoms with Gasteiger partial charge in [0.2, 0.25) is 0 Å². The molecule has 0 N–H and O–H groups in total. The first-order chi connectivity index (χ1) is 9.70. The molecule has 0 aliphatic rings. The lowest BCUT2D eigenvalue weighted by atomic mass is 10.1. The summed E-state index contributed by atoms with van der Waals surface area (Å²) in [4.78, 5) is 11.0. The van der Waals surface area contributed by atoms with Crippen LogP contribution in [0, 0.1) is 0 Å². The van der Waals surface area contributed by atoms with Crippen molar-refractivity contribution in [3.05, 3.63) is 12.2 Å². The number of hydrogen-bond acceptors (Lipinski definition) is 2. The van der Waals surface area contributed by atoms with Crippen LogP contribution in [0.1, 0.15) is 91.4 Å². The molecule has 0 aromatic carbocycles. The Bertz CT molecular complexity index is 246. The van der Waals surface area contributed by atoms with Crippen LogP contribution < -0.4 is 0 Å². The van der Waals surface area contributed by atoms with Crippen molar-refractivity contribution in [1.29, 1.82) is 0 Å². The van der Waals surface area contributed by atoms with Crippen molar-refractivity contribution in [2.24, 2.45) is 0 Å². The molecule has 2 heteroatoms. The second-order valence-corrected chi connectivity index (χ2v) is 5.64. The molecule has 1 unspecified atom stereocenters. The molecule has 0 aromatic heterocycles. The van der Waals surface area contributed by atoms with Gasteiger partial charge < -0.3 is 4.74 Å². The molecular formula is C18H34O2. The van der Waals surface area contributed by atoms with Gasteiger partial charge in [-0.1, -0.05) is 70.9 Å². The van der Waals surface area contributed by atoms with Crippen LogP contribution in [0.25, 0.3) is 0 Å². The first kappa shape index (κ1) is 19.2. The smallest absolute Gasteiger partial charge is 0.302 e. The van der Waals surface area contributed by atoms with Gasteiger partial charge in [-0.05, 0) is 19.3 Å². The highest BCUT2D eigenvalue weighted by atomic mass is 16.5. The summed E-state index contributed by atoms with van der Waals surface area (Å²) in [7, 11) is 0. The first-order valence-electron chi connectivity index (χ1n) is 8.52. The Balaban J connectivity index is 3.63. The van der Waals surface area contributed by atoms with E-state index in [2.05, 4.69) is 26.0 Å². The average Bonchev–Trinajstić information content (AvgIpc) is 2.42. The van der Waals surface area contributed by atoms with E-state index >= 15 is 0 Å². The molecule has 1 atom stereocenters. The maximum absolute atomic E-state index is 11.0. The average molecular weight is 282 g/mol. The van der Waals surface area contributed by atoms with E-state index in [0.29, 0.717) is 0 Å². The minimum atomic E-state index is -0.157. The van der Waals surface area contributed by atoms with Gasteiger partial charge in [0.15, 0.2) is 0 Å². The Morgan fingerprint density at radius 2 is 1.60 bits per heavy atom. The van der Waals surface area contributed by atoms with E-state index in [9.17, 15) is 4.79 Å². The molecule has 0 fully saturated rings. The number of carbonyl (C=O) groups excluding carboxylic acids is 1. The summed E-state index contributed by atoms with van der Waals surface area (Å²) in [6.07, 6.45) is 17.9. The Hall–Kier alpha value is -0.790. The van der Waals surface area contributed by atoms with Crippen LogP contribution in [-0.2, 0) is 9.53 Å². The third kappa shape index (κ3) is 13.6. The summed E-state index contributed by atoms with van der Waals surface area (Å²) in [5.41, 5.74) is 0. The molecule has 0 spiro atoms. The largest absolute Gasteiger partial charge is 0.462 e. The number of carbonyl (C=O) groups is 1. The molecule has 0 rings (SSSR count). The lowest BCUT2D eigenvalue weighted by Gasteiger charge is -2.14. The molecule has 118 valence electrons. The summed E-state index contributed by atoms with van der Waals surface area (Å²) >= 11 is 0. The van der Waals surface area contributed by atoms with Gasteiger partial charge in [-0.3, -0.25) is 4.79 Å². The van der Waals surface area contributed by atoms with Crippen molar-refractivity contribution in [1.82, 2.24) is 0 Å². The van der Waals surface area contributed by atoms with Crippen LogP contribution >= 0.6 is 0 Å². The molecule has 0 aliphatic carbocycles. The summed E-state index contributed by atoms with van der Waals surface area (Å²) < 4.78 is 5.33. The van der Waals surface area contributed by atoms with Gasteiger partial charge in [-0.25, -0.2) is 0 Å². The predicted octanol–water partition coefficient (Wildman–Crippen LogP) is 5.81. The van der Waals surface area contributed by atoms with Crippen molar-refractivity contribution in [2.45, 2.75) is 97.5 Å². The first-order valence-corrected chi connectivity index (χ1v) is 8.52. The normalized spacial score (nSPS) is 12.8. The molecule has 0 radical (unpaired) electrons. The fourth-order valence-electron chi connectivity index (χ4n) is 2.30. The Kier molecular flexibility index (Phi) is 14.0. The quantitative estimate of drug-likeness (QED) is 0.242. The molecule has 2 nitrogen and oxygen atoms in total. The number of rotatable bonds is 13. The molecule has 0 amide bonds. The maximum atomic E-state index is 11.0. The van der Waals surface area contributed by atoms with E-state index in [1.807, 2.05) is 0 Å². The van der Waals surface area contributed by atoms with E-state index in [1.54, 1.807) is 0 Å². The Morgan fingerprint density at radius 1 is 0.950 bits per heavy atom. The van der Waals surface area contributed by atoms with E-state index in [4.69, 9.17) is 4.74 Å². The van der Waals surface area contributed by atoms with Gasteiger partial charge in [0.1, 0.15) is 6.10 Å². The molecule has 0 heterocycles. The van der Waals surface area contributed by atoms with E-state index in [0.717, 1.165) is 32.1 Å². The van der Waals surface area contributed by atoms with Gasteiger partial charge >= 0.3 is 5.97 Å². The fraction of sp³-hybridized carbons (Fsp3) is 0.833. The number of esters is 1. The number of hydrogen-bond donors (Lipinski definition) is 0. The molecule has 0 aromatic rings. The second-order valence-electron chi connectivity index (χ2n) is 5.64. The van der Waals surface area contributed by atoms with Gasteiger partial charge in [-0.2, -0.15) is 0 Å². The Labute approximate surface area is 126 Å². The highest BCUT2D eigenvalue weighted by Crippen LogP contribution is 2.11. The fourth-order valence-corrected chi connectivity index (χ4v) is 2.30. The van der Waals surface area contributed by atoms with Crippen molar-refractivity contribution >= 4 is 5.97 Å². The van der Waals surface area contributed by atoms with Crippen LogP contribution in [0.3, 0.4) is 0 Å². The SMILES string of the molecule is CCCCCCCC/C=C\CC(CCCC)OC(C)=O. The lowest BCUT2D eigenvalue weighted by Crippen LogP contribution is -2.15. The second kappa shape index (κ2) is 14.6. The van der Waals surface area contributed by atoms with Crippen molar-refractivity contribution in [3.63, 3.8) is 0 Å². The van der Waals surface area contributed by atoms with Crippen LogP contribution in [-0.4, -0.2) is 12.1 Å². The van der Waals surface area contributed by atoms with E-state index < -0.39 is 0 Å². The van der Waals surface area contributed by atoms with Crippen molar-refractivity contribution in [3.8, 4) is 0 Å². The molecular weight excluding hydrogens is 248 g/mol. The number of allylic oxidation sites excluding steroid dienone is 1. The monoisotopic (exact) mass is 282 g/mol. The predicted molar refractivity (Wildman–Crippen MR) is 86.8 cm³/mol. The summed E-state index contributed by atoms with van der Waals surface area (Å²) in [6.45, 7) is 5.92. The molecule has 0 saturated heterocycles. The van der Waals surface area contributed by atoms with E-state index in [-0.39, 0.29) is 12.1 Å². The van der Waals surface area contributed by atoms with Gasteiger partial charge in [0.05, 0.1) is 0 Å². The topological polar surface area (TPSA) is 26.3 Å². The minimum absolute atomic E-state index is 0.0771. The van der Waals surface area contributed by atoms with Crippen LogP contribution in [0.15, 0.2) is 12.2 Å². The summed E-state index contributed by atoms with van der Waals surface area (Å²) in [5, 5.41) is 0. The Morgan fingerprint density at radius 3 is 2.25 bits per heavy atom. The van der Waals surface area contributed by atoms with Crippen LogP contribution in [0.2, 0.25) is 0 Å². The van der Waals surface area contributed by atoms with Gasteiger partial charge in [-0.15, -0.1) is 0 Å². The minimum Gasteiger partial charge on any atom is -0.462 e. The third-order valence-corrected chi connectivity index (χ3v) is 3.50. The van der Waals surface area contributed by atoms with Crippen molar-refractivity contribution in [2.75, 3.05) is 0 Å². The molecule has 20 heavy (non-hydrogen) atoms. The van der Waals surface area contributed by atoms with Crippen molar-refractivity contribution < 1.29 is 9.53 Å². The highest BCUT2D eigenvalue weighted by Gasteiger charge is 2.09. The summed E-state index contributed by atoms with van der Waals surface area (Å²) in [5.74, 6) is -0.157. The highest BCUT2D eigenvalue weighted by molar-refractivity contribution is 5.66. The van der Waals surface area contributed by atoms with Gasteiger partial charge in [0.25, 0.3) is 0 Å². The zero-order chi connectivity index (χ0) is 15.1. The molecule has 0 bridgehead atoms. The van der Waals surface area contributed by atoms with E-state index in [1.165, 1.54) is 45.4 Å². The van der Waals surface area contributed by atoms with Crippen LogP contribution in [0.5, 0.6) is 0 Å². The molecule has 0 aliphatic heterocycles. The zero-order valence-electron chi connectivity index (χ0n) is 13.8. The number of ether oxygens (including phenoxy) is 1. The third-order valence-electron chi connectivity index (χ3n) is 3.50. The summed E-state index contributed by atoms with van der Waals surface area (Å²) in [6, 6.07) is 0. The maximum Gasteiger partial charge on any atom is 0.302 e. The standard InChI is InChI=1S/C18H34O2/c1-4-6-8-9-10-11-12-13-14-16-18(15-7-5-2)20-17(3)19/h13-14,18H,4-12,15-16H2,1-3H3/b14-13-. The van der Waals surface area contributed by atoms with Crippen LogP contribution in [0.4, 0.5) is 0 Å².